The molecule has 0 unspecified atom stereocenters. The van der Waals surface area contributed by atoms with Crippen molar-refractivity contribution in [3.63, 3.8) is 0 Å². The average Bonchev–Trinajstić information content (AvgIpc) is 2.98. The lowest BCUT2D eigenvalue weighted by molar-refractivity contribution is -0.147. The largest absolute Gasteiger partial charge is 0.467 e. The number of methoxy groups -OCH3 is 1. The van der Waals surface area contributed by atoms with E-state index in [0.717, 1.165) is 17.3 Å². The van der Waals surface area contributed by atoms with E-state index in [2.05, 4.69) is 45.5 Å². The van der Waals surface area contributed by atoms with Crippen LogP contribution in [0.4, 0.5) is 10.1 Å². The molecule has 3 nitrogen and oxygen atoms in total. The number of carbonyl (C=O) groups is 1. The molecule has 6 heteroatoms. The Kier molecular flexibility index (Phi) is 5.00. The highest BCUT2D eigenvalue weighted by Gasteiger charge is 2.51. The smallest absolute Gasteiger partial charge is 0.331 e. The summed E-state index contributed by atoms with van der Waals surface area (Å²) >= 11 is 9.70. The Hall–Kier alpha value is -1.85. The minimum absolute atomic E-state index is 0.0210. The number of hydrogen-bond acceptors (Lipinski definition) is 3. The Morgan fingerprint density at radius 2 is 1.89 bits per heavy atom. The maximum atomic E-state index is 13.5. The van der Waals surface area contributed by atoms with E-state index >= 15 is 0 Å². The zero-order chi connectivity index (χ0) is 19.9. The zero-order valence-electron chi connectivity index (χ0n) is 15.4. The van der Waals surface area contributed by atoms with Crippen molar-refractivity contribution in [2.45, 2.75) is 36.6 Å². The number of halogens is 3. The molecule has 2 aliphatic rings. The van der Waals surface area contributed by atoms with Gasteiger partial charge in [0.15, 0.2) is 0 Å². The second-order valence-corrected chi connectivity index (χ2v) is 8.75. The van der Waals surface area contributed by atoms with Crippen molar-refractivity contribution < 1.29 is 13.9 Å². The van der Waals surface area contributed by atoms with E-state index in [-0.39, 0.29) is 16.4 Å². The van der Waals surface area contributed by atoms with Crippen molar-refractivity contribution >= 4 is 45.3 Å². The van der Waals surface area contributed by atoms with E-state index in [1.807, 2.05) is 6.07 Å². The number of allylic oxidation sites excluding steroid dienone is 1. The summed E-state index contributed by atoms with van der Waals surface area (Å²) in [4.78, 5) is 12.8. The molecule has 0 saturated heterocycles. The van der Waals surface area contributed by atoms with Crippen molar-refractivity contribution in [1.29, 1.82) is 0 Å². The number of anilines is 1. The summed E-state index contributed by atoms with van der Waals surface area (Å²) in [6.45, 7) is 0. The third-order valence-electron chi connectivity index (χ3n) is 6.05. The highest BCUT2D eigenvalue weighted by atomic mass is 79.9. The fourth-order valence-electron chi connectivity index (χ4n) is 4.50. The van der Waals surface area contributed by atoms with Gasteiger partial charge in [-0.05, 0) is 61.1 Å². The van der Waals surface area contributed by atoms with Gasteiger partial charge < -0.3 is 10.1 Å². The van der Waals surface area contributed by atoms with Crippen molar-refractivity contribution in [3.05, 3.63) is 68.9 Å². The van der Waals surface area contributed by atoms with E-state index < -0.39 is 11.4 Å². The second-order valence-electron chi connectivity index (χ2n) is 7.49. The molecule has 28 heavy (non-hydrogen) atoms. The summed E-state index contributed by atoms with van der Waals surface area (Å²) < 4.78 is 19.8. The van der Waals surface area contributed by atoms with Gasteiger partial charge in [0.2, 0.25) is 0 Å². The summed E-state index contributed by atoms with van der Waals surface area (Å²) in [6, 6.07) is 12.8. The van der Waals surface area contributed by atoms with Crippen LogP contribution in [-0.4, -0.2) is 18.6 Å². The number of esters is 1. The second kappa shape index (κ2) is 7.20. The van der Waals surface area contributed by atoms with E-state index in [0.29, 0.717) is 18.5 Å². The molecule has 1 saturated carbocycles. The minimum atomic E-state index is -0.869. The van der Waals surface area contributed by atoms with Crippen LogP contribution in [0.15, 0.2) is 46.9 Å². The van der Waals surface area contributed by atoms with Crippen LogP contribution in [0.2, 0.25) is 5.02 Å². The summed E-state index contributed by atoms with van der Waals surface area (Å²) in [5.41, 5.74) is 2.14. The Morgan fingerprint density at radius 1 is 1.18 bits per heavy atom. The van der Waals surface area contributed by atoms with Gasteiger partial charge in [-0.15, -0.1) is 0 Å². The quantitative estimate of drug-likeness (QED) is 0.561. The maximum Gasteiger partial charge on any atom is 0.331 e. The number of rotatable bonds is 3. The molecule has 1 N–H and O–H groups in total. The van der Waals surface area contributed by atoms with Crippen LogP contribution >= 0.6 is 27.5 Å². The molecule has 0 atom stereocenters. The van der Waals surface area contributed by atoms with Crippen LogP contribution in [0.3, 0.4) is 0 Å². The fraction of sp³-hybridized carbons (Fsp3) is 0.318. The summed E-state index contributed by atoms with van der Waals surface area (Å²) in [7, 11) is 1.40. The van der Waals surface area contributed by atoms with E-state index in [1.165, 1.54) is 30.4 Å². The molecule has 0 radical (unpaired) electrons. The van der Waals surface area contributed by atoms with Gasteiger partial charge in [-0.25, -0.2) is 9.18 Å². The Labute approximate surface area is 177 Å². The molecule has 2 aliphatic carbocycles. The molecule has 1 fully saturated rings. The van der Waals surface area contributed by atoms with Crippen LogP contribution in [0.1, 0.15) is 36.8 Å². The van der Waals surface area contributed by atoms with Gasteiger partial charge >= 0.3 is 5.97 Å². The predicted molar refractivity (Wildman–Crippen MR) is 113 cm³/mol. The molecule has 4 rings (SSSR count). The maximum absolute atomic E-state index is 13.5. The SMILES string of the molecule is COC(=O)C1(Nc2ccc(F)c(Cl)c2)CCC2(CC1)C(Br)=Cc1ccccc12. The first kappa shape index (κ1) is 19.5. The first-order valence-electron chi connectivity index (χ1n) is 9.19. The number of fused-ring (bicyclic) bond motifs is 2. The van der Waals surface area contributed by atoms with Crippen molar-refractivity contribution in [1.82, 2.24) is 0 Å². The summed E-state index contributed by atoms with van der Waals surface area (Å²) in [6.07, 6.45) is 4.93. The molecule has 0 aromatic heterocycles. The Balaban J connectivity index is 1.64. The van der Waals surface area contributed by atoms with Crippen molar-refractivity contribution in [3.8, 4) is 0 Å². The van der Waals surface area contributed by atoms with Crippen molar-refractivity contribution in [2.24, 2.45) is 0 Å². The van der Waals surface area contributed by atoms with E-state index in [4.69, 9.17) is 16.3 Å². The number of ether oxygens (including phenoxy) is 1. The van der Waals surface area contributed by atoms with Gasteiger partial charge in [0, 0.05) is 15.6 Å². The lowest BCUT2D eigenvalue weighted by atomic mass is 9.65. The van der Waals surface area contributed by atoms with Crippen LogP contribution < -0.4 is 5.32 Å². The lowest BCUT2D eigenvalue weighted by Gasteiger charge is -2.45. The van der Waals surface area contributed by atoms with Crippen molar-refractivity contribution in [2.75, 3.05) is 12.4 Å². The topological polar surface area (TPSA) is 38.3 Å². The lowest BCUT2D eigenvalue weighted by Crippen LogP contribution is -2.52. The fourth-order valence-corrected chi connectivity index (χ4v) is 5.54. The molecular formula is C22H20BrClFNO2. The van der Waals surface area contributed by atoms with Crippen LogP contribution in [0.25, 0.3) is 6.08 Å². The van der Waals surface area contributed by atoms with E-state index in [1.54, 1.807) is 6.07 Å². The summed E-state index contributed by atoms with van der Waals surface area (Å²) in [5.74, 6) is -0.798. The predicted octanol–water partition coefficient (Wildman–Crippen LogP) is 6.06. The third-order valence-corrected chi connectivity index (χ3v) is 7.33. The molecule has 0 bridgehead atoms. The molecule has 2 aromatic rings. The first-order chi connectivity index (χ1) is 13.4. The minimum Gasteiger partial charge on any atom is -0.467 e. The molecule has 0 amide bonds. The van der Waals surface area contributed by atoms with Crippen LogP contribution in [0, 0.1) is 5.82 Å². The number of carbonyl (C=O) groups excluding carboxylic acids is 1. The summed E-state index contributed by atoms with van der Waals surface area (Å²) in [5, 5.41) is 3.32. The van der Waals surface area contributed by atoms with Crippen LogP contribution in [-0.2, 0) is 14.9 Å². The van der Waals surface area contributed by atoms with Gasteiger partial charge in [0.05, 0.1) is 12.1 Å². The molecule has 0 heterocycles. The number of hydrogen-bond donors (Lipinski definition) is 1. The molecular weight excluding hydrogens is 445 g/mol. The average molecular weight is 465 g/mol. The highest BCUT2D eigenvalue weighted by molar-refractivity contribution is 9.11. The number of benzene rings is 2. The van der Waals surface area contributed by atoms with Gasteiger partial charge in [-0.3, -0.25) is 0 Å². The van der Waals surface area contributed by atoms with Gasteiger partial charge in [-0.2, -0.15) is 0 Å². The number of nitrogens with one attached hydrogen (secondary N) is 1. The van der Waals surface area contributed by atoms with Crippen LogP contribution in [0.5, 0.6) is 0 Å². The van der Waals surface area contributed by atoms with E-state index in [9.17, 15) is 9.18 Å². The normalized spacial score (nSPS) is 25.9. The Bertz CT molecular complexity index is 967. The first-order valence-corrected chi connectivity index (χ1v) is 10.4. The van der Waals surface area contributed by atoms with Gasteiger partial charge in [0.25, 0.3) is 0 Å². The molecule has 1 spiro atoms. The molecule has 0 aliphatic heterocycles. The monoisotopic (exact) mass is 463 g/mol. The van der Waals surface area contributed by atoms with Gasteiger partial charge in [-0.1, -0.05) is 51.8 Å². The molecule has 146 valence electrons. The zero-order valence-corrected chi connectivity index (χ0v) is 17.7. The standard InChI is InChI=1S/C22H20BrClFNO2/c1-28-20(27)22(26-15-6-7-18(25)17(24)13-15)10-8-21(9-11-22)16-5-3-2-4-14(16)12-19(21)23/h2-7,12-13,26H,8-11H2,1H3. The third kappa shape index (κ3) is 3.05. The molecule has 2 aromatic carbocycles. The highest BCUT2D eigenvalue weighted by Crippen LogP contribution is 2.55. The Morgan fingerprint density at radius 3 is 2.57 bits per heavy atom. The van der Waals surface area contributed by atoms with Gasteiger partial charge in [0.1, 0.15) is 11.4 Å².